The molecule has 1 aromatic carbocycles. The molecule has 20 heavy (non-hydrogen) atoms. The minimum Gasteiger partial charge on any atom is -0.331 e. The van der Waals surface area contributed by atoms with E-state index in [1.54, 1.807) is 13.0 Å². The Hall–Kier alpha value is -2.63. The molecule has 0 saturated carbocycles. The highest BCUT2D eigenvalue weighted by Crippen LogP contribution is 2.14. The van der Waals surface area contributed by atoms with E-state index in [1.807, 2.05) is 35.9 Å². The number of carbonyl (C=O) groups excluding carboxylic acids is 2. The number of fused-ring (bicyclic) bond motifs is 1. The number of nitrogens with zero attached hydrogens (tertiary/aromatic N) is 2. The van der Waals surface area contributed by atoms with E-state index < -0.39 is 0 Å². The van der Waals surface area contributed by atoms with Gasteiger partial charge in [0, 0.05) is 13.1 Å². The molecule has 0 bridgehead atoms. The van der Waals surface area contributed by atoms with Crippen LogP contribution in [0.2, 0.25) is 0 Å². The monoisotopic (exact) mass is 272 g/mol. The number of hydrogen-bond acceptors (Lipinski definition) is 3. The summed E-state index contributed by atoms with van der Waals surface area (Å²) in [4.78, 5) is 27.3. The van der Waals surface area contributed by atoms with Gasteiger partial charge in [-0.15, -0.1) is 0 Å². The lowest BCUT2D eigenvalue weighted by molar-refractivity contribution is -0.126. The number of hydrogen-bond donors (Lipinski definition) is 2. The second-order valence-electron chi connectivity index (χ2n) is 4.29. The Kier molecular flexibility index (Phi) is 4.14. The van der Waals surface area contributed by atoms with Crippen LogP contribution < -0.4 is 10.9 Å². The minimum atomic E-state index is -0.370. The highest BCUT2D eigenvalue weighted by molar-refractivity contribution is 5.90. The molecule has 2 amide bonds. The number of hydrazine groups is 1. The van der Waals surface area contributed by atoms with Crippen LogP contribution in [-0.4, -0.2) is 21.4 Å². The summed E-state index contributed by atoms with van der Waals surface area (Å²) in [5.74, 6) is -0.0453. The fourth-order valence-corrected chi connectivity index (χ4v) is 1.87. The molecule has 2 rings (SSSR count). The fraction of sp³-hybridized carbons (Fsp3) is 0.214. The quantitative estimate of drug-likeness (QED) is 0.642. The second-order valence-corrected chi connectivity index (χ2v) is 4.29. The molecule has 0 radical (unpaired) electrons. The smallest absolute Gasteiger partial charge is 0.262 e. The van der Waals surface area contributed by atoms with Crippen molar-refractivity contribution in [3.63, 3.8) is 0 Å². The summed E-state index contributed by atoms with van der Waals surface area (Å²) in [7, 11) is 1.86. The third-order valence-electron chi connectivity index (χ3n) is 2.84. The van der Waals surface area contributed by atoms with Crippen LogP contribution in [0, 0.1) is 0 Å². The maximum Gasteiger partial charge on any atom is 0.262 e. The summed E-state index contributed by atoms with van der Waals surface area (Å²) in [5.41, 5.74) is 6.45. The van der Waals surface area contributed by atoms with Crippen LogP contribution in [-0.2, 0) is 23.1 Å². The number of allylic oxidation sites excluding steroid dienone is 1. The van der Waals surface area contributed by atoms with Gasteiger partial charge in [0.2, 0.25) is 5.91 Å². The standard InChI is InChI=1S/C14H16N4O2/c1-3-6-13(19)16-17-14(20)9-12-15-10-7-4-5-8-11(10)18(12)2/h3-8H,9H2,1-2H3,(H,16,19)(H,17,20)/b6-3+. The maximum atomic E-state index is 11.7. The van der Waals surface area contributed by atoms with Gasteiger partial charge in [-0.1, -0.05) is 18.2 Å². The van der Waals surface area contributed by atoms with Crippen molar-refractivity contribution in [3.8, 4) is 0 Å². The predicted molar refractivity (Wildman–Crippen MR) is 75.5 cm³/mol. The molecular formula is C14H16N4O2. The number of aromatic nitrogens is 2. The largest absolute Gasteiger partial charge is 0.331 e. The molecule has 0 atom stereocenters. The van der Waals surface area contributed by atoms with Crippen LogP contribution in [0.5, 0.6) is 0 Å². The van der Waals surface area contributed by atoms with Gasteiger partial charge < -0.3 is 4.57 Å². The predicted octanol–water partition coefficient (Wildman–Crippen LogP) is 0.839. The molecule has 6 nitrogen and oxygen atoms in total. The van der Waals surface area contributed by atoms with Gasteiger partial charge in [0.05, 0.1) is 17.5 Å². The third-order valence-corrected chi connectivity index (χ3v) is 2.84. The first-order valence-electron chi connectivity index (χ1n) is 6.23. The number of carbonyl (C=O) groups is 2. The van der Waals surface area contributed by atoms with Crippen molar-refractivity contribution in [2.75, 3.05) is 0 Å². The molecule has 1 heterocycles. The Morgan fingerprint density at radius 1 is 1.30 bits per heavy atom. The topological polar surface area (TPSA) is 76.0 Å². The van der Waals surface area contributed by atoms with E-state index in [0.717, 1.165) is 11.0 Å². The van der Waals surface area contributed by atoms with E-state index in [1.165, 1.54) is 6.08 Å². The van der Waals surface area contributed by atoms with Gasteiger partial charge in [0.25, 0.3) is 5.91 Å². The summed E-state index contributed by atoms with van der Waals surface area (Å²) in [6.45, 7) is 1.72. The van der Waals surface area contributed by atoms with Crippen molar-refractivity contribution < 1.29 is 9.59 Å². The van der Waals surface area contributed by atoms with Gasteiger partial charge in [-0.25, -0.2) is 4.98 Å². The summed E-state index contributed by atoms with van der Waals surface area (Å²) >= 11 is 0. The molecule has 0 saturated heterocycles. The van der Waals surface area contributed by atoms with E-state index in [9.17, 15) is 9.59 Å². The Morgan fingerprint density at radius 3 is 2.75 bits per heavy atom. The van der Waals surface area contributed by atoms with Crippen molar-refractivity contribution in [2.45, 2.75) is 13.3 Å². The van der Waals surface area contributed by atoms with Crippen LogP contribution in [0.1, 0.15) is 12.7 Å². The minimum absolute atomic E-state index is 0.0985. The molecule has 0 unspecified atom stereocenters. The Labute approximate surface area is 116 Å². The number of para-hydroxylation sites is 2. The van der Waals surface area contributed by atoms with Crippen molar-refractivity contribution in [1.82, 2.24) is 20.4 Å². The Balaban J connectivity index is 2.03. The van der Waals surface area contributed by atoms with Gasteiger partial charge in [0.1, 0.15) is 5.82 Å². The van der Waals surface area contributed by atoms with Gasteiger partial charge in [-0.3, -0.25) is 20.4 Å². The molecule has 2 N–H and O–H groups in total. The lowest BCUT2D eigenvalue weighted by Crippen LogP contribution is -2.41. The number of rotatable bonds is 3. The van der Waals surface area contributed by atoms with E-state index in [0.29, 0.717) is 5.82 Å². The van der Waals surface area contributed by atoms with Gasteiger partial charge in [0.15, 0.2) is 0 Å². The van der Waals surface area contributed by atoms with Crippen LogP contribution in [0.25, 0.3) is 11.0 Å². The zero-order chi connectivity index (χ0) is 14.5. The molecule has 104 valence electrons. The number of nitrogens with one attached hydrogen (secondary N) is 2. The molecule has 6 heteroatoms. The first-order valence-corrected chi connectivity index (χ1v) is 6.23. The molecule has 0 aliphatic heterocycles. The second kappa shape index (κ2) is 6.01. The van der Waals surface area contributed by atoms with Crippen molar-refractivity contribution in [2.24, 2.45) is 7.05 Å². The van der Waals surface area contributed by atoms with Crippen molar-refractivity contribution >= 4 is 22.8 Å². The molecule has 0 fully saturated rings. The SMILES string of the molecule is C/C=C/C(=O)NNC(=O)Cc1nc2ccccc2n1C. The average Bonchev–Trinajstić information content (AvgIpc) is 2.74. The van der Waals surface area contributed by atoms with Crippen LogP contribution in [0.3, 0.4) is 0 Å². The normalized spacial score (nSPS) is 10.9. The van der Waals surface area contributed by atoms with Gasteiger partial charge in [-0.05, 0) is 19.1 Å². The number of imidazole rings is 1. The fourth-order valence-electron chi connectivity index (χ4n) is 1.87. The number of amides is 2. The Bertz CT molecular complexity index is 673. The molecule has 1 aromatic heterocycles. The molecule has 0 aliphatic rings. The van der Waals surface area contributed by atoms with Crippen LogP contribution >= 0.6 is 0 Å². The zero-order valence-electron chi connectivity index (χ0n) is 11.4. The summed E-state index contributed by atoms with van der Waals surface area (Å²) in [6.07, 6.45) is 3.02. The number of aryl methyl sites for hydroxylation is 1. The summed E-state index contributed by atoms with van der Waals surface area (Å²) < 4.78 is 1.86. The maximum absolute atomic E-state index is 11.7. The highest BCUT2D eigenvalue weighted by atomic mass is 16.2. The van der Waals surface area contributed by atoms with E-state index in [-0.39, 0.29) is 18.2 Å². The summed E-state index contributed by atoms with van der Waals surface area (Å²) in [6, 6.07) is 7.66. The zero-order valence-corrected chi connectivity index (χ0v) is 11.4. The number of benzene rings is 1. The first kappa shape index (κ1) is 13.8. The van der Waals surface area contributed by atoms with Gasteiger partial charge in [-0.2, -0.15) is 0 Å². The van der Waals surface area contributed by atoms with Gasteiger partial charge >= 0.3 is 0 Å². The molecule has 0 spiro atoms. The molecular weight excluding hydrogens is 256 g/mol. The average molecular weight is 272 g/mol. The lowest BCUT2D eigenvalue weighted by atomic mass is 10.3. The molecule has 0 aliphatic carbocycles. The van der Waals surface area contributed by atoms with E-state index in [2.05, 4.69) is 15.8 Å². The van der Waals surface area contributed by atoms with Crippen molar-refractivity contribution in [1.29, 1.82) is 0 Å². The lowest BCUT2D eigenvalue weighted by Gasteiger charge is -2.05. The molecule has 2 aromatic rings. The van der Waals surface area contributed by atoms with E-state index in [4.69, 9.17) is 0 Å². The highest BCUT2D eigenvalue weighted by Gasteiger charge is 2.11. The first-order chi connectivity index (χ1) is 9.61. The van der Waals surface area contributed by atoms with E-state index >= 15 is 0 Å². The Morgan fingerprint density at radius 2 is 2.05 bits per heavy atom. The van der Waals surface area contributed by atoms with Crippen molar-refractivity contribution in [3.05, 3.63) is 42.2 Å². The third kappa shape index (κ3) is 3.03. The van der Waals surface area contributed by atoms with Crippen LogP contribution in [0.15, 0.2) is 36.4 Å². The van der Waals surface area contributed by atoms with Crippen LogP contribution in [0.4, 0.5) is 0 Å². The summed E-state index contributed by atoms with van der Waals surface area (Å²) in [5, 5.41) is 0.